The van der Waals surface area contributed by atoms with E-state index in [1.165, 1.54) is 30.8 Å². The summed E-state index contributed by atoms with van der Waals surface area (Å²) in [5.74, 6) is 3.10. The van der Waals surface area contributed by atoms with E-state index in [0.717, 1.165) is 45.2 Å². The van der Waals surface area contributed by atoms with Gasteiger partial charge in [-0.1, -0.05) is 6.42 Å². The molecule has 0 atom stereocenters. The summed E-state index contributed by atoms with van der Waals surface area (Å²) in [5.41, 5.74) is 6.50. The van der Waals surface area contributed by atoms with Crippen molar-refractivity contribution < 1.29 is 4.74 Å². The van der Waals surface area contributed by atoms with Crippen LogP contribution in [0.25, 0.3) is 0 Å². The Kier molecular flexibility index (Phi) is 5.82. The van der Waals surface area contributed by atoms with Crippen LogP contribution in [-0.4, -0.2) is 55.2 Å². The van der Waals surface area contributed by atoms with E-state index in [1.54, 1.807) is 0 Å². The number of hydrogen-bond donors (Lipinski definition) is 1. The molecule has 2 fully saturated rings. The maximum absolute atomic E-state index is 6.12. The summed E-state index contributed by atoms with van der Waals surface area (Å²) >= 11 is 2.00. The van der Waals surface area contributed by atoms with Gasteiger partial charge >= 0.3 is 0 Å². The van der Waals surface area contributed by atoms with Crippen molar-refractivity contribution in [2.24, 2.45) is 16.1 Å². The molecular weight excluding hydrogens is 258 g/mol. The van der Waals surface area contributed by atoms with Crippen molar-refractivity contribution >= 4 is 17.7 Å². The highest BCUT2D eigenvalue weighted by Gasteiger charge is 2.36. The number of nitrogens with two attached hydrogens (primary N) is 1. The molecule has 19 heavy (non-hydrogen) atoms. The average Bonchev–Trinajstić information content (AvgIpc) is 2.41. The lowest BCUT2D eigenvalue weighted by atomic mass is 9.67. The zero-order valence-corrected chi connectivity index (χ0v) is 12.9. The fraction of sp³-hybridized carbons (Fsp3) is 0.929. The Balaban J connectivity index is 1.80. The summed E-state index contributed by atoms with van der Waals surface area (Å²) in [6, 6.07) is 0. The maximum atomic E-state index is 6.12. The molecule has 2 aliphatic rings. The van der Waals surface area contributed by atoms with Gasteiger partial charge in [-0.3, -0.25) is 4.99 Å². The van der Waals surface area contributed by atoms with Gasteiger partial charge in [0.15, 0.2) is 5.96 Å². The zero-order chi connectivity index (χ0) is 13.6. The van der Waals surface area contributed by atoms with Crippen LogP contribution in [0.4, 0.5) is 0 Å². The predicted octanol–water partition coefficient (Wildman–Crippen LogP) is 1.95. The van der Waals surface area contributed by atoms with Crippen molar-refractivity contribution in [1.29, 1.82) is 0 Å². The van der Waals surface area contributed by atoms with Gasteiger partial charge in [0.05, 0.1) is 0 Å². The van der Waals surface area contributed by atoms with Gasteiger partial charge in [-0.05, 0) is 31.6 Å². The molecule has 0 bridgehead atoms. The molecule has 0 aromatic rings. The maximum Gasteiger partial charge on any atom is 0.191 e. The Morgan fingerprint density at radius 1 is 1.37 bits per heavy atom. The first-order chi connectivity index (χ1) is 9.26. The molecule has 0 radical (unpaired) electrons. The van der Waals surface area contributed by atoms with Gasteiger partial charge in [-0.15, -0.1) is 0 Å². The molecule has 0 aromatic heterocycles. The van der Waals surface area contributed by atoms with E-state index < -0.39 is 0 Å². The third kappa shape index (κ3) is 4.28. The fourth-order valence-electron chi connectivity index (χ4n) is 2.74. The van der Waals surface area contributed by atoms with Crippen LogP contribution < -0.4 is 5.73 Å². The minimum absolute atomic E-state index is 0.379. The van der Waals surface area contributed by atoms with Crippen LogP contribution in [0.5, 0.6) is 0 Å². The summed E-state index contributed by atoms with van der Waals surface area (Å²) in [7, 11) is 0. The lowest BCUT2D eigenvalue weighted by Crippen LogP contribution is -2.44. The first kappa shape index (κ1) is 15.0. The largest absolute Gasteiger partial charge is 0.382 e. The third-order valence-electron chi connectivity index (χ3n) is 4.31. The highest BCUT2D eigenvalue weighted by molar-refractivity contribution is 7.99. The summed E-state index contributed by atoms with van der Waals surface area (Å²) in [5, 5.41) is 0. The van der Waals surface area contributed by atoms with Crippen molar-refractivity contribution in [1.82, 2.24) is 4.90 Å². The topological polar surface area (TPSA) is 50.9 Å². The molecule has 1 aliphatic heterocycles. The van der Waals surface area contributed by atoms with E-state index in [9.17, 15) is 0 Å². The number of aliphatic imine (C=N–C) groups is 1. The Labute approximate surface area is 121 Å². The fourth-order valence-corrected chi connectivity index (χ4v) is 3.64. The molecule has 1 heterocycles. The second kappa shape index (κ2) is 7.39. The predicted molar refractivity (Wildman–Crippen MR) is 82.8 cm³/mol. The van der Waals surface area contributed by atoms with Crippen LogP contribution in [0.1, 0.15) is 32.6 Å². The lowest BCUT2D eigenvalue weighted by Gasteiger charge is -2.41. The number of thioether (sulfide) groups is 1. The molecule has 1 saturated carbocycles. The van der Waals surface area contributed by atoms with Crippen LogP contribution in [0.2, 0.25) is 0 Å². The molecule has 0 spiro atoms. The molecule has 1 aliphatic carbocycles. The molecule has 0 aromatic carbocycles. The number of ether oxygens (including phenoxy) is 1. The first-order valence-corrected chi connectivity index (χ1v) is 8.62. The van der Waals surface area contributed by atoms with E-state index in [-0.39, 0.29) is 0 Å². The molecule has 1 saturated heterocycles. The normalized spacial score (nSPS) is 23.2. The Bertz CT molecular complexity index is 299. The van der Waals surface area contributed by atoms with Gasteiger partial charge in [0.2, 0.25) is 0 Å². The molecule has 110 valence electrons. The van der Waals surface area contributed by atoms with E-state index in [2.05, 4.69) is 16.8 Å². The van der Waals surface area contributed by atoms with Crippen LogP contribution in [0.3, 0.4) is 0 Å². The number of rotatable bonds is 6. The van der Waals surface area contributed by atoms with Crippen molar-refractivity contribution in [3.63, 3.8) is 0 Å². The molecule has 0 amide bonds. The Morgan fingerprint density at radius 2 is 2.11 bits per heavy atom. The van der Waals surface area contributed by atoms with Crippen molar-refractivity contribution in [3.8, 4) is 0 Å². The molecular formula is C14H27N3OS. The molecule has 2 N–H and O–H groups in total. The second-order valence-corrected chi connectivity index (χ2v) is 6.80. The van der Waals surface area contributed by atoms with E-state index in [4.69, 9.17) is 10.5 Å². The number of hydrogen-bond acceptors (Lipinski definition) is 3. The minimum atomic E-state index is 0.379. The summed E-state index contributed by atoms with van der Waals surface area (Å²) in [4.78, 5) is 6.90. The van der Waals surface area contributed by atoms with E-state index in [0.29, 0.717) is 5.41 Å². The van der Waals surface area contributed by atoms with Crippen molar-refractivity contribution in [3.05, 3.63) is 0 Å². The van der Waals surface area contributed by atoms with Crippen LogP contribution in [0, 0.1) is 5.41 Å². The summed E-state index contributed by atoms with van der Waals surface area (Å²) in [6.07, 6.45) is 5.04. The molecule has 5 heteroatoms. The van der Waals surface area contributed by atoms with E-state index in [1.807, 2.05) is 11.8 Å². The summed E-state index contributed by atoms with van der Waals surface area (Å²) in [6.45, 7) is 6.71. The van der Waals surface area contributed by atoms with Crippen LogP contribution in [0.15, 0.2) is 4.99 Å². The van der Waals surface area contributed by atoms with Crippen molar-refractivity contribution in [2.45, 2.75) is 32.6 Å². The third-order valence-corrected chi connectivity index (χ3v) is 5.25. The summed E-state index contributed by atoms with van der Waals surface area (Å²) < 4.78 is 5.50. The highest BCUT2D eigenvalue weighted by atomic mass is 32.2. The number of guanidine groups is 1. The van der Waals surface area contributed by atoms with Gasteiger partial charge in [-0.25, -0.2) is 0 Å². The van der Waals surface area contributed by atoms with Crippen LogP contribution in [-0.2, 0) is 4.74 Å². The van der Waals surface area contributed by atoms with E-state index >= 15 is 0 Å². The Hall–Kier alpha value is -0.420. The Morgan fingerprint density at radius 3 is 2.68 bits per heavy atom. The van der Waals surface area contributed by atoms with Crippen molar-refractivity contribution in [2.75, 3.05) is 44.4 Å². The first-order valence-electron chi connectivity index (χ1n) is 7.46. The molecule has 2 rings (SSSR count). The van der Waals surface area contributed by atoms with Gasteiger partial charge in [-0.2, -0.15) is 11.8 Å². The monoisotopic (exact) mass is 285 g/mol. The molecule has 0 unspecified atom stereocenters. The minimum Gasteiger partial charge on any atom is -0.382 e. The molecule has 4 nitrogen and oxygen atoms in total. The van der Waals surface area contributed by atoms with Gasteiger partial charge in [0, 0.05) is 44.4 Å². The number of nitrogens with zero attached hydrogens (tertiary/aromatic N) is 2. The van der Waals surface area contributed by atoms with Gasteiger partial charge < -0.3 is 15.4 Å². The van der Waals surface area contributed by atoms with Crippen LogP contribution >= 0.6 is 11.8 Å². The van der Waals surface area contributed by atoms with Gasteiger partial charge in [0.1, 0.15) is 0 Å². The highest BCUT2D eigenvalue weighted by Crippen LogP contribution is 2.44. The quantitative estimate of drug-likeness (QED) is 0.460. The SMILES string of the molecule is CCOCCC1(CN=C(N)N2CCSCC2)CCC1. The zero-order valence-electron chi connectivity index (χ0n) is 12.1. The lowest BCUT2D eigenvalue weighted by molar-refractivity contribution is 0.0608. The van der Waals surface area contributed by atoms with Gasteiger partial charge in [0.25, 0.3) is 0 Å². The average molecular weight is 285 g/mol. The smallest absolute Gasteiger partial charge is 0.191 e. The second-order valence-electron chi connectivity index (χ2n) is 5.57. The standard InChI is InChI=1S/C14H27N3OS/c1-2-18-9-6-14(4-3-5-14)12-16-13(15)17-7-10-19-11-8-17/h2-12H2,1H3,(H2,15,16).